The van der Waals surface area contributed by atoms with Gasteiger partial charge in [-0.15, -0.1) is 12.4 Å². The lowest BCUT2D eigenvalue weighted by Crippen LogP contribution is -2.62. The highest BCUT2D eigenvalue weighted by atomic mass is 35.5. The molecule has 1 aliphatic heterocycles. The molecule has 1 aromatic heterocycles. The molecule has 2 atom stereocenters. The highest BCUT2D eigenvalue weighted by molar-refractivity contribution is 5.90. The number of rotatable bonds is 3. The number of likely N-dealkylation sites (tertiary alicyclic amines) is 1. The summed E-state index contributed by atoms with van der Waals surface area (Å²) in [6, 6.07) is 3.83. The van der Waals surface area contributed by atoms with Crippen LogP contribution in [0.25, 0.3) is 0 Å². The summed E-state index contributed by atoms with van der Waals surface area (Å²) in [5.41, 5.74) is 6.63. The van der Waals surface area contributed by atoms with Gasteiger partial charge >= 0.3 is 0 Å². The van der Waals surface area contributed by atoms with E-state index >= 15 is 0 Å². The highest BCUT2D eigenvalue weighted by Gasteiger charge is 2.54. The number of nitrogens with zero attached hydrogens (tertiary/aromatic N) is 2. The molecule has 2 fully saturated rings. The summed E-state index contributed by atoms with van der Waals surface area (Å²) < 4.78 is 6.22. The molecule has 3 rings (SSSR count). The van der Waals surface area contributed by atoms with Gasteiger partial charge in [0.2, 0.25) is 0 Å². The number of aromatic nitrogens is 1. The van der Waals surface area contributed by atoms with Crippen LogP contribution in [0.15, 0.2) is 18.3 Å². The molecule has 2 aliphatic rings. The maximum absolute atomic E-state index is 11.6. The Kier molecular flexibility index (Phi) is 5.81. The quantitative estimate of drug-likeness (QED) is 0.891. The molecule has 1 aliphatic carbocycles. The molecular weight excluding hydrogens is 338 g/mol. The lowest BCUT2D eigenvalue weighted by Gasteiger charge is -2.57. The summed E-state index contributed by atoms with van der Waals surface area (Å²) in [6.45, 7) is 8.87. The average molecular weight is 368 g/mol. The van der Waals surface area contributed by atoms with Crippen molar-refractivity contribution in [3.63, 3.8) is 0 Å². The zero-order valence-corrected chi connectivity index (χ0v) is 16.4. The third-order valence-corrected chi connectivity index (χ3v) is 5.95. The fraction of sp³-hybridized carbons (Fsp3) is 0.684. The molecule has 0 radical (unpaired) electrons. The van der Waals surface area contributed by atoms with Crippen LogP contribution in [-0.2, 0) is 10.3 Å². The van der Waals surface area contributed by atoms with E-state index in [1.165, 1.54) is 6.42 Å². The monoisotopic (exact) mass is 367 g/mol. The van der Waals surface area contributed by atoms with Crippen LogP contribution in [0.3, 0.4) is 0 Å². The van der Waals surface area contributed by atoms with Gasteiger partial charge in [0.25, 0.3) is 5.91 Å². The number of hydrogen-bond donors (Lipinski definition) is 1. The number of carbonyl (C=O) groups excluding carboxylic acids is 1. The van der Waals surface area contributed by atoms with Crippen LogP contribution >= 0.6 is 12.4 Å². The van der Waals surface area contributed by atoms with E-state index in [-0.39, 0.29) is 23.5 Å². The first-order valence-corrected chi connectivity index (χ1v) is 8.85. The molecule has 2 unspecified atom stereocenters. The number of methoxy groups -OCH3 is 1. The Morgan fingerprint density at radius 3 is 2.40 bits per heavy atom. The van der Waals surface area contributed by atoms with E-state index in [4.69, 9.17) is 10.5 Å². The van der Waals surface area contributed by atoms with Gasteiger partial charge in [0.05, 0.1) is 0 Å². The zero-order valence-electron chi connectivity index (χ0n) is 15.6. The van der Waals surface area contributed by atoms with Gasteiger partial charge < -0.3 is 10.5 Å². The number of amides is 1. The largest absolute Gasteiger partial charge is 0.373 e. The van der Waals surface area contributed by atoms with Crippen molar-refractivity contribution >= 4 is 18.3 Å². The number of pyridine rings is 1. The summed E-state index contributed by atoms with van der Waals surface area (Å²) in [5, 5.41) is 0. The number of ether oxygens (including phenoxy) is 1. The third-order valence-electron chi connectivity index (χ3n) is 5.95. The molecule has 1 saturated carbocycles. The second-order valence-electron chi connectivity index (χ2n) is 8.19. The van der Waals surface area contributed by atoms with Crippen LogP contribution in [0.4, 0.5) is 0 Å². The third kappa shape index (κ3) is 3.42. The normalized spacial score (nSPS) is 29.8. The van der Waals surface area contributed by atoms with E-state index in [1.807, 2.05) is 19.2 Å². The van der Waals surface area contributed by atoms with Crippen molar-refractivity contribution in [3.8, 4) is 0 Å². The SMILES string of the molecule is COC1(c2ccnc(C(N)=O)c2)C2CCCC1CN(C(C)(C)C)C2.Cl. The standard InChI is InChI=1S/C19H29N3O2.ClH/c1-18(2,3)22-11-14-6-5-7-15(12-22)19(14,24-4)13-8-9-21-16(10-13)17(20)23;/h8-10,14-15H,5-7,11-12H2,1-4H3,(H2,20,23);1H. The Morgan fingerprint density at radius 1 is 1.32 bits per heavy atom. The first kappa shape index (κ1) is 20.1. The fourth-order valence-electron chi connectivity index (χ4n) is 4.71. The van der Waals surface area contributed by atoms with Crippen molar-refractivity contribution < 1.29 is 9.53 Å². The minimum Gasteiger partial charge on any atom is -0.373 e. The molecule has 1 amide bonds. The van der Waals surface area contributed by atoms with Gasteiger partial charge in [0.15, 0.2) is 0 Å². The maximum atomic E-state index is 11.6. The predicted octanol–water partition coefficient (Wildman–Crippen LogP) is 2.97. The van der Waals surface area contributed by atoms with E-state index in [1.54, 1.807) is 6.20 Å². The molecule has 2 N–H and O–H groups in total. The second kappa shape index (κ2) is 7.22. The molecule has 2 heterocycles. The van der Waals surface area contributed by atoms with Crippen molar-refractivity contribution in [3.05, 3.63) is 29.6 Å². The Labute approximate surface area is 156 Å². The van der Waals surface area contributed by atoms with Crippen LogP contribution in [-0.4, -0.2) is 41.5 Å². The number of piperidine rings is 1. The molecule has 1 saturated heterocycles. The lowest BCUT2D eigenvalue weighted by atomic mass is 9.62. The van der Waals surface area contributed by atoms with Crippen LogP contribution < -0.4 is 5.73 Å². The smallest absolute Gasteiger partial charge is 0.267 e. The van der Waals surface area contributed by atoms with Crippen LogP contribution in [0.5, 0.6) is 0 Å². The molecule has 2 bridgehead atoms. The summed E-state index contributed by atoms with van der Waals surface area (Å²) in [5.74, 6) is 0.343. The molecular formula is C19H30ClN3O2. The highest BCUT2D eigenvalue weighted by Crippen LogP contribution is 2.52. The summed E-state index contributed by atoms with van der Waals surface area (Å²) in [6.07, 6.45) is 5.21. The van der Waals surface area contributed by atoms with Gasteiger partial charge in [0.1, 0.15) is 11.3 Å². The minimum atomic E-state index is -0.486. The van der Waals surface area contributed by atoms with E-state index in [2.05, 4.69) is 30.7 Å². The molecule has 25 heavy (non-hydrogen) atoms. The number of primary amides is 1. The van der Waals surface area contributed by atoms with E-state index < -0.39 is 5.91 Å². The predicted molar refractivity (Wildman–Crippen MR) is 101 cm³/mol. The molecule has 0 spiro atoms. The van der Waals surface area contributed by atoms with Crippen LogP contribution in [0.1, 0.15) is 56.1 Å². The first-order valence-electron chi connectivity index (χ1n) is 8.85. The zero-order chi connectivity index (χ0) is 17.5. The van der Waals surface area contributed by atoms with E-state index in [9.17, 15) is 4.79 Å². The number of nitrogens with two attached hydrogens (primary N) is 1. The Hall–Kier alpha value is -1.17. The van der Waals surface area contributed by atoms with Gasteiger partial charge in [-0.05, 0) is 51.3 Å². The van der Waals surface area contributed by atoms with Gasteiger partial charge in [-0.2, -0.15) is 0 Å². The van der Waals surface area contributed by atoms with Gasteiger partial charge in [-0.1, -0.05) is 6.42 Å². The van der Waals surface area contributed by atoms with E-state index in [0.29, 0.717) is 17.5 Å². The van der Waals surface area contributed by atoms with Crippen molar-refractivity contribution in [2.24, 2.45) is 17.6 Å². The fourth-order valence-corrected chi connectivity index (χ4v) is 4.71. The molecule has 1 aromatic rings. The average Bonchev–Trinajstić information content (AvgIpc) is 2.52. The Bertz CT molecular complexity index is 615. The van der Waals surface area contributed by atoms with Crippen molar-refractivity contribution in [1.29, 1.82) is 0 Å². The van der Waals surface area contributed by atoms with Crippen LogP contribution in [0, 0.1) is 11.8 Å². The summed E-state index contributed by atoms with van der Waals surface area (Å²) in [4.78, 5) is 18.3. The number of fused-ring (bicyclic) bond motifs is 2. The molecule has 140 valence electrons. The maximum Gasteiger partial charge on any atom is 0.267 e. The van der Waals surface area contributed by atoms with E-state index in [0.717, 1.165) is 31.5 Å². The molecule has 5 nitrogen and oxygen atoms in total. The second-order valence-corrected chi connectivity index (χ2v) is 8.19. The summed E-state index contributed by atoms with van der Waals surface area (Å²) in [7, 11) is 1.81. The van der Waals surface area contributed by atoms with Crippen molar-refractivity contribution in [1.82, 2.24) is 9.88 Å². The number of halogens is 1. The van der Waals surface area contributed by atoms with Gasteiger partial charge in [-0.25, -0.2) is 0 Å². The Morgan fingerprint density at radius 2 is 1.92 bits per heavy atom. The molecule has 6 heteroatoms. The topological polar surface area (TPSA) is 68.5 Å². The lowest BCUT2D eigenvalue weighted by molar-refractivity contribution is -0.179. The number of carbonyl (C=O) groups is 1. The van der Waals surface area contributed by atoms with Crippen molar-refractivity contribution in [2.45, 2.75) is 51.2 Å². The van der Waals surface area contributed by atoms with Gasteiger partial charge in [0, 0.05) is 43.8 Å². The summed E-state index contributed by atoms with van der Waals surface area (Å²) >= 11 is 0. The number of hydrogen-bond acceptors (Lipinski definition) is 4. The van der Waals surface area contributed by atoms with Crippen LogP contribution in [0.2, 0.25) is 0 Å². The first-order chi connectivity index (χ1) is 11.3. The Balaban J connectivity index is 0.00000225. The van der Waals surface area contributed by atoms with Gasteiger partial charge in [-0.3, -0.25) is 14.7 Å². The van der Waals surface area contributed by atoms with Crippen molar-refractivity contribution in [2.75, 3.05) is 20.2 Å². The minimum absolute atomic E-state index is 0. The molecule has 0 aromatic carbocycles.